The summed E-state index contributed by atoms with van der Waals surface area (Å²) in [5, 5.41) is 5.83. The van der Waals surface area contributed by atoms with Crippen LogP contribution in [0.15, 0.2) is 69.6 Å². The summed E-state index contributed by atoms with van der Waals surface area (Å²) in [6, 6.07) is 17.7. The molecular weight excluding hydrogens is 494 g/mol. The fraction of sp³-hybridized carbons (Fsp3) is 0.0870. The molecule has 9 heteroatoms. The van der Waals surface area contributed by atoms with E-state index in [4.69, 9.17) is 26.1 Å². The van der Waals surface area contributed by atoms with Gasteiger partial charge in [0.2, 0.25) is 5.89 Å². The first-order valence-electron chi connectivity index (χ1n) is 9.47. The molecule has 0 unspecified atom stereocenters. The lowest BCUT2D eigenvalue weighted by Crippen LogP contribution is -2.34. The van der Waals surface area contributed by atoms with Crippen molar-refractivity contribution < 1.29 is 18.7 Å². The number of nitrogens with one attached hydrogen (secondary N) is 2. The van der Waals surface area contributed by atoms with Gasteiger partial charge in [0.05, 0.1) is 18.7 Å². The van der Waals surface area contributed by atoms with E-state index in [0.29, 0.717) is 34.0 Å². The minimum atomic E-state index is -0.319. The molecule has 0 aliphatic heterocycles. The van der Waals surface area contributed by atoms with Gasteiger partial charge in [0.1, 0.15) is 17.0 Å². The number of carbonyl (C=O) groups excluding carboxylic acids is 1. The van der Waals surface area contributed by atoms with Crippen LogP contribution in [0.3, 0.4) is 0 Å². The van der Waals surface area contributed by atoms with Gasteiger partial charge in [-0.05, 0) is 88.8 Å². The second-order valence-electron chi connectivity index (χ2n) is 6.69. The van der Waals surface area contributed by atoms with Crippen LogP contribution in [0.2, 0.25) is 0 Å². The molecule has 0 saturated heterocycles. The number of fused-ring (bicyclic) bond motifs is 1. The summed E-state index contributed by atoms with van der Waals surface area (Å²) in [6.45, 7) is 0. The Hall–Kier alpha value is -3.43. The monoisotopic (exact) mass is 511 g/mol. The summed E-state index contributed by atoms with van der Waals surface area (Å²) in [7, 11) is 3.18. The second-order valence-corrected chi connectivity index (χ2v) is 7.95. The van der Waals surface area contributed by atoms with E-state index in [-0.39, 0.29) is 11.0 Å². The Morgan fingerprint density at radius 1 is 1.03 bits per heavy atom. The third-order valence-electron chi connectivity index (χ3n) is 4.62. The van der Waals surface area contributed by atoms with Crippen molar-refractivity contribution in [2.45, 2.75) is 0 Å². The molecular formula is C23H18BrN3O4S. The van der Waals surface area contributed by atoms with Gasteiger partial charge in [0, 0.05) is 16.8 Å². The molecule has 0 fully saturated rings. The Morgan fingerprint density at radius 2 is 1.81 bits per heavy atom. The molecule has 1 aromatic heterocycles. The number of ether oxygens (including phenoxy) is 2. The van der Waals surface area contributed by atoms with Gasteiger partial charge in [-0.25, -0.2) is 4.98 Å². The molecule has 1 heterocycles. The van der Waals surface area contributed by atoms with Gasteiger partial charge in [0.25, 0.3) is 5.91 Å². The number of thiocarbonyl (C=S) groups is 1. The quantitative estimate of drug-likeness (QED) is 0.347. The topological polar surface area (TPSA) is 85.6 Å². The molecule has 2 N–H and O–H groups in total. The third-order valence-corrected chi connectivity index (χ3v) is 5.45. The molecule has 0 saturated carbocycles. The van der Waals surface area contributed by atoms with E-state index in [1.54, 1.807) is 56.7 Å². The Balaban J connectivity index is 1.47. The maximum atomic E-state index is 12.4. The van der Waals surface area contributed by atoms with E-state index in [9.17, 15) is 4.79 Å². The van der Waals surface area contributed by atoms with E-state index < -0.39 is 0 Å². The smallest absolute Gasteiger partial charge is 0.257 e. The van der Waals surface area contributed by atoms with Gasteiger partial charge in [-0.1, -0.05) is 0 Å². The van der Waals surface area contributed by atoms with Gasteiger partial charge in [-0.2, -0.15) is 0 Å². The zero-order valence-corrected chi connectivity index (χ0v) is 19.5. The molecule has 4 aromatic rings. The summed E-state index contributed by atoms with van der Waals surface area (Å²) < 4.78 is 17.0. The van der Waals surface area contributed by atoms with Crippen molar-refractivity contribution in [3.8, 4) is 23.0 Å². The first kappa shape index (κ1) is 21.8. The highest BCUT2D eigenvalue weighted by Crippen LogP contribution is 2.32. The van der Waals surface area contributed by atoms with Crippen molar-refractivity contribution in [3.63, 3.8) is 0 Å². The van der Waals surface area contributed by atoms with Crippen LogP contribution in [0.1, 0.15) is 10.4 Å². The van der Waals surface area contributed by atoms with Crippen LogP contribution in [0, 0.1) is 0 Å². The molecule has 0 bridgehead atoms. The number of nitrogens with zero attached hydrogens (tertiary/aromatic N) is 1. The third kappa shape index (κ3) is 4.74. The zero-order chi connectivity index (χ0) is 22.7. The summed E-state index contributed by atoms with van der Waals surface area (Å²) in [5.41, 5.74) is 3.24. The maximum Gasteiger partial charge on any atom is 0.257 e. The fourth-order valence-corrected chi connectivity index (χ4v) is 3.76. The van der Waals surface area contributed by atoms with Crippen molar-refractivity contribution in [2.75, 3.05) is 19.5 Å². The largest absolute Gasteiger partial charge is 0.497 e. The number of benzene rings is 3. The zero-order valence-electron chi connectivity index (χ0n) is 17.1. The second kappa shape index (κ2) is 9.37. The number of amides is 1. The van der Waals surface area contributed by atoms with E-state index in [1.807, 2.05) is 18.2 Å². The molecule has 162 valence electrons. The Morgan fingerprint density at radius 3 is 2.50 bits per heavy atom. The van der Waals surface area contributed by atoms with Crippen molar-refractivity contribution in [3.05, 3.63) is 70.7 Å². The molecule has 0 aliphatic rings. The number of methoxy groups -OCH3 is 2. The number of halogens is 1. The summed E-state index contributed by atoms with van der Waals surface area (Å²) in [5.74, 6) is 1.56. The summed E-state index contributed by atoms with van der Waals surface area (Å²) >= 11 is 8.75. The van der Waals surface area contributed by atoms with E-state index in [1.165, 1.54) is 0 Å². The molecule has 7 nitrogen and oxygen atoms in total. The molecule has 4 rings (SSSR count). The van der Waals surface area contributed by atoms with Gasteiger partial charge in [-0.3, -0.25) is 10.1 Å². The molecule has 3 aromatic carbocycles. The number of hydrogen-bond acceptors (Lipinski definition) is 6. The van der Waals surface area contributed by atoms with Crippen LogP contribution in [0.4, 0.5) is 5.69 Å². The van der Waals surface area contributed by atoms with Crippen LogP contribution in [-0.4, -0.2) is 30.2 Å². The van der Waals surface area contributed by atoms with Crippen LogP contribution >= 0.6 is 28.1 Å². The highest BCUT2D eigenvalue weighted by atomic mass is 79.9. The van der Waals surface area contributed by atoms with Crippen LogP contribution in [0.5, 0.6) is 11.5 Å². The van der Waals surface area contributed by atoms with Crippen molar-refractivity contribution in [1.82, 2.24) is 10.3 Å². The van der Waals surface area contributed by atoms with Crippen LogP contribution in [0.25, 0.3) is 22.6 Å². The standard InChI is InChI=1S/C23H18BrN3O4S/c1-29-16-7-3-13(4-8-16)21(28)27-23(32)25-15-6-10-20-18(12-15)26-22(31-20)14-5-9-19(30-2)17(24)11-14/h3-12H,1-2H3,(H2,25,27,28,32). The lowest BCUT2D eigenvalue weighted by atomic mass is 10.2. The van der Waals surface area contributed by atoms with Gasteiger partial charge in [-0.15, -0.1) is 0 Å². The molecule has 0 atom stereocenters. The van der Waals surface area contributed by atoms with E-state index in [0.717, 1.165) is 15.8 Å². The normalized spacial score (nSPS) is 10.6. The van der Waals surface area contributed by atoms with Crippen LogP contribution in [-0.2, 0) is 0 Å². The predicted octanol–water partition coefficient (Wildman–Crippen LogP) is 5.40. The predicted molar refractivity (Wildman–Crippen MR) is 130 cm³/mol. The minimum Gasteiger partial charge on any atom is -0.497 e. The average molecular weight is 512 g/mol. The first-order chi connectivity index (χ1) is 15.5. The Bertz CT molecular complexity index is 1300. The maximum absolute atomic E-state index is 12.4. The molecule has 32 heavy (non-hydrogen) atoms. The number of rotatable bonds is 5. The fourth-order valence-electron chi connectivity index (χ4n) is 3.01. The first-order valence-corrected chi connectivity index (χ1v) is 10.7. The average Bonchev–Trinajstić information content (AvgIpc) is 3.22. The Labute approximate surface area is 197 Å². The van der Waals surface area contributed by atoms with Gasteiger partial charge >= 0.3 is 0 Å². The van der Waals surface area contributed by atoms with Crippen molar-refractivity contribution in [2.24, 2.45) is 0 Å². The molecule has 0 aliphatic carbocycles. The number of carbonyl (C=O) groups is 1. The molecule has 0 radical (unpaired) electrons. The Kier molecular flexibility index (Phi) is 6.38. The number of aromatic nitrogens is 1. The van der Waals surface area contributed by atoms with E-state index in [2.05, 4.69) is 31.5 Å². The highest BCUT2D eigenvalue weighted by molar-refractivity contribution is 9.10. The van der Waals surface area contributed by atoms with Crippen LogP contribution < -0.4 is 20.1 Å². The lowest BCUT2D eigenvalue weighted by Gasteiger charge is -2.09. The highest BCUT2D eigenvalue weighted by Gasteiger charge is 2.12. The molecule has 1 amide bonds. The number of oxazole rings is 1. The number of anilines is 1. The van der Waals surface area contributed by atoms with Gasteiger partial charge in [0.15, 0.2) is 10.7 Å². The van der Waals surface area contributed by atoms with Crippen molar-refractivity contribution >= 4 is 56.0 Å². The minimum absolute atomic E-state index is 0.174. The number of hydrogen-bond donors (Lipinski definition) is 2. The SMILES string of the molecule is COc1ccc(C(=O)NC(=S)Nc2ccc3oc(-c4ccc(OC)c(Br)c4)nc3c2)cc1. The summed E-state index contributed by atoms with van der Waals surface area (Å²) in [4.78, 5) is 16.9. The van der Waals surface area contributed by atoms with Gasteiger partial charge < -0.3 is 19.2 Å². The van der Waals surface area contributed by atoms with Crippen molar-refractivity contribution in [1.29, 1.82) is 0 Å². The van der Waals surface area contributed by atoms with E-state index >= 15 is 0 Å². The lowest BCUT2D eigenvalue weighted by molar-refractivity contribution is 0.0977. The molecule has 0 spiro atoms. The summed E-state index contributed by atoms with van der Waals surface area (Å²) in [6.07, 6.45) is 0.